The average Bonchev–Trinajstić information content (AvgIpc) is 3.09. The van der Waals surface area contributed by atoms with E-state index in [-0.39, 0.29) is 12.4 Å². The predicted molar refractivity (Wildman–Crippen MR) is 80.9 cm³/mol. The summed E-state index contributed by atoms with van der Waals surface area (Å²) in [5.74, 6) is -1.84. The second kappa shape index (κ2) is 6.58. The van der Waals surface area contributed by atoms with Gasteiger partial charge in [0.1, 0.15) is 36.6 Å². The summed E-state index contributed by atoms with van der Waals surface area (Å²) in [5, 5.41) is 31.2. The highest BCUT2D eigenvalue weighted by molar-refractivity contribution is 5.93. The maximum atomic E-state index is 11.4. The number of nitrogen functional groups attached to an aromatic ring is 1. The number of amides is 1. The van der Waals surface area contributed by atoms with E-state index < -0.39 is 42.8 Å². The Morgan fingerprint density at radius 3 is 2.76 bits per heavy atom. The molecule has 3 heterocycles. The second-order valence-electron chi connectivity index (χ2n) is 5.50. The van der Waals surface area contributed by atoms with E-state index >= 15 is 0 Å². The van der Waals surface area contributed by atoms with Crippen LogP contribution in [0.5, 0.6) is 0 Å². The van der Waals surface area contributed by atoms with Gasteiger partial charge in [-0.3, -0.25) is 14.2 Å². The lowest BCUT2D eigenvalue weighted by Gasteiger charge is -2.16. The third-order valence-corrected chi connectivity index (χ3v) is 3.81. The van der Waals surface area contributed by atoms with Crippen molar-refractivity contribution in [3.8, 4) is 0 Å². The van der Waals surface area contributed by atoms with E-state index in [1.54, 1.807) is 0 Å². The largest absolute Gasteiger partial charge is 0.481 e. The zero-order chi connectivity index (χ0) is 18.1. The number of imidazole rings is 1. The molecule has 1 aliphatic rings. The maximum Gasteiger partial charge on any atom is 0.312 e. The molecule has 1 fully saturated rings. The number of nitrogens with two attached hydrogens (primary N) is 1. The predicted octanol–water partition coefficient (Wildman–Crippen LogP) is -2.38. The number of carboxylic acid groups (broad SMARTS) is 1. The van der Waals surface area contributed by atoms with Crippen molar-refractivity contribution < 1.29 is 29.6 Å². The summed E-state index contributed by atoms with van der Waals surface area (Å²) in [6.45, 7) is -0.162. The Hall–Kier alpha value is -2.83. The van der Waals surface area contributed by atoms with Crippen molar-refractivity contribution in [3.05, 3.63) is 12.7 Å². The molecule has 1 saturated heterocycles. The molecular formula is C13H16N6O6. The number of nitrogens with one attached hydrogen (secondary N) is 1. The van der Waals surface area contributed by atoms with Crippen LogP contribution in [0.2, 0.25) is 0 Å². The summed E-state index contributed by atoms with van der Waals surface area (Å²) >= 11 is 0. The van der Waals surface area contributed by atoms with Crippen LogP contribution < -0.4 is 11.1 Å². The Balaban J connectivity index is 1.74. The number of rotatable bonds is 5. The van der Waals surface area contributed by atoms with Crippen LogP contribution in [0.25, 0.3) is 11.2 Å². The zero-order valence-corrected chi connectivity index (χ0v) is 12.8. The van der Waals surface area contributed by atoms with Gasteiger partial charge >= 0.3 is 5.97 Å². The quantitative estimate of drug-likeness (QED) is 0.364. The average molecular weight is 352 g/mol. The number of aliphatic hydroxyl groups excluding tert-OH is 2. The molecule has 1 amide bonds. The molecule has 6 N–H and O–H groups in total. The van der Waals surface area contributed by atoms with E-state index in [0.29, 0.717) is 11.2 Å². The highest BCUT2D eigenvalue weighted by Crippen LogP contribution is 2.31. The Labute approximate surface area is 140 Å². The van der Waals surface area contributed by atoms with Crippen LogP contribution in [0.3, 0.4) is 0 Å². The smallest absolute Gasteiger partial charge is 0.312 e. The molecule has 25 heavy (non-hydrogen) atoms. The van der Waals surface area contributed by atoms with Gasteiger partial charge in [-0.15, -0.1) is 0 Å². The minimum atomic E-state index is -1.31. The van der Waals surface area contributed by atoms with Crippen LogP contribution in [-0.4, -0.2) is 71.6 Å². The molecule has 3 rings (SSSR count). The lowest BCUT2D eigenvalue weighted by Crippen LogP contribution is -2.40. The van der Waals surface area contributed by atoms with Gasteiger partial charge in [0, 0.05) is 6.54 Å². The minimum Gasteiger partial charge on any atom is -0.481 e. The van der Waals surface area contributed by atoms with Crippen molar-refractivity contribution in [3.63, 3.8) is 0 Å². The van der Waals surface area contributed by atoms with E-state index in [1.165, 1.54) is 17.2 Å². The van der Waals surface area contributed by atoms with Crippen molar-refractivity contribution in [2.24, 2.45) is 0 Å². The van der Waals surface area contributed by atoms with Crippen molar-refractivity contribution in [2.75, 3.05) is 12.3 Å². The molecule has 0 aromatic carbocycles. The fourth-order valence-electron chi connectivity index (χ4n) is 2.60. The van der Waals surface area contributed by atoms with Gasteiger partial charge in [-0.05, 0) is 0 Å². The van der Waals surface area contributed by atoms with E-state index in [2.05, 4.69) is 20.3 Å². The second-order valence-corrected chi connectivity index (χ2v) is 5.50. The number of anilines is 1. The normalized spacial score (nSPS) is 26.0. The van der Waals surface area contributed by atoms with Crippen molar-refractivity contribution in [1.29, 1.82) is 0 Å². The fraction of sp³-hybridized carbons (Fsp3) is 0.462. The van der Waals surface area contributed by atoms with Crippen molar-refractivity contribution in [2.45, 2.75) is 31.0 Å². The van der Waals surface area contributed by atoms with E-state index in [1.807, 2.05) is 0 Å². The van der Waals surface area contributed by atoms with Gasteiger partial charge in [0.25, 0.3) is 0 Å². The molecule has 2 aromatic heterocycles. The lowest BCUT2D eigenvalue weighted by molar-refractivity contribution is -0.140. The van der Waals surface area contributed by atoms with Gasteiger partial charge in [0.05, 0.1) is 6.33 Å². The Morgan fingerprint density at radius 2 is 2.04 bits per heavy atom. The number of aliphatic hydroxyl groups is 2. The van der Waals surface area contributed by atoms with Crippen LogP contribution in [0.1, 0.15) is 12.6 Å². The first kappa shape index (κ1) is 17.0. The van der Waals surface area contributed by atoms with Gasteiger partial charge in [0.2, 0.25) is 5.91 Å². The van der Waals surface area contributed by atoms with E-state index in [9.17, 15) is 19.8 Å². The minimum absolute atomic E-state index is 0.161. The fourth-order valence-corrected chi connectivity index (χ4v) is 2.60. The monoisotopic (exact) mass is 352 g/mol. The summed E-state index contributed by atoms with van der Waals surface area (Å²) in [5.41, 5.74) is 6.35. The number of aliphatic carboxylic acids is 1. The Kier molecular flexibility index (Phi) is 4.48. The summed E-state index contributed by atoms with van der Waals surface area (Å²) in [7, 11) is 0. The Morgan fingerprint density at radius 1 is 1.28 bits per heavy atom. The summed E-state index contributed by atoms with van der Waals surface area (Å²) in [4.78, 5) is 33.8. The third-order valence-electron chi connectivity index (χ3n) is 3.81. The van der Waals surface area contributed by atoms with Crippen LogP contribution in [0.4, 0.5) is 5.82 Å². The van der Waals surface area contributed by atoms with Gasteiger partial charge in [-0.25, -0.2) is 15.0 Å². The Bertz CT molecular complexity index is 809. The number of fused-ring (bicyclic) bond motifs is 1. The number of carbonyl (C=O) groups excluding carboxylic acids is 1. The molecular weight excluding hydrogens is 336 g/mol. The standard InChI is InChI=1S/C13H16N6O6/c14-11-8-12(17-3-16-11)19(4-18-8)13-10(24)9(23)5(25-13)2-15-6(20)1-7(21)22/h3-5,9-10,13,23-24H,1-2H2,(H,15,20)(H,21,22)(H2,14,16,17)/t5-,9-,10-,13-/m0/s1. The van der Waals surface area contributed by atoms with Crippen LogP contribution in [0.15, 0.2) is 12.7 Å². The van der Waals surface area contributed by atoms with E-state index in [0.717, 1.165) is 0 Å². The molecule has 0 aliphatic carbocycles. The lowest BCUT2D eigenvalue weighted by atomic mass is 10.1. The molecule has 12 heteroatoms. The first-order valence-electron chi connectivity index (χ1n) is 7.31. The van der Waals surface area contributed by atoms with Crippen LogP contribution in [-0.2, 0) is 14.3 Å². The third kappa shape index (κ3) is 3.22. The molecule has 0 saturated carbocycles. The number of ether oxygens (including phenoxy) is 1. The van der Waals surface area contributed by atoms with Gasteiger partial charge < -0.3 is 31.1 Å². The summed E-state index contributed by atoms with van der Waals surface area (Å²) in [6.07, 6.45) is -2.66. The molecule has 134 valence electrons. The number of hydrogen-bond acceptors (Lipinski definition) is 9. The maximum absolute atomic E-state index is 11.4. The summed E-state index contributed by atoms with van der Waals surface area (Å²) < 4.78 is 7.00. The summed E-state index contributed by atoms with van der Waals surface area (Å²) in [6, 6.07) is 0. The highest BCUT2D eigenvalue weighted by atomic mass is 16.6. The topological polar surface area (TPSA) is 186 Å². The SMILES string of the molecule is Nc1ncnc2c1ncn2[C@H]1O[C@@H](CNC(=O)CC(=O)O)[C@H](O)[C@@H]1O. The van der Waals surface area contributed by atoms with Gasteiger partial charge in [-0.2, -0.15) is 0 Å². The molecule has 2 aromatic rings. The first-order valence-corrected chi connectivity index (χ1v) is 7.31. The molecule has 4 atom stereocenters. The number of nitrogens with zero attached hydrogens (tertiary/aromatic N) is 4. The number of carboxylic acids is 1. The van der Waals surface area contributed by atoms with Crippen molar-refractivity contribution in [1.82, 2.24) is 24.8 Å². The number of aromatic nitrogens is 4. The molecule has 0 radical (unpaired) electrons. The van der Waals surface area contributed by atoms with Gasteiger partial charge in [0.15, 0.2) is 17.7 Å². The van der Waals surface area contributed by atoms with Crippen LogP contribution >= 0.6 is 0 Å². The number of hydrogen-bond donors (Lipinski definition) is 5. The van der Waals surface area contributed by atoms with E-state index in [4.69, 9.17) is 15.6 Å². The van der Waals surface area contributed by atoms with Crippen molar-refractivity contribution >= 4 is 28.9 Å². The van der Waals surface area contributed by atoms with Gasteiger partial charge in [-0.1, -0.05) is 0 Å². The highest BCUT2D eigenvalue weighted by Gasteiger charge is 2.44. The number of carbonyl (C=O) groups is 2. The molecule has 1 aliphatic heterocycles. The molecule has 0 spiro atoms. The molecule has 0 bridgehead atoms. The van der Waals surface area contributed by atoms with Crippen LogP contribution in [0, 0.1) is 0 Å². The molecule has 0 unspecified atom stereocenters. The zero-order valence-electron chi connectivity index (χ0n) is 12.8. The first-order chi connectivity index (χ1) is 11.9. The molecule has 12 nitrogen and oxygen atoms in total.